The van der Waals surface area contributed by atoms with Crippen molar-refractivity contribution in [1.82, 2.24) is 5.32 Å². The van der Waals surface area contributed by atoms with Crippen LogP contribution in [0.2, 0.25) is 0 Å². The van der Waals surface area contributed by atoms with E-state index in [0.717, 1.165) is 18.4 Å². The highest BCUT2D eigenvalue weighted by atomic mass is 16.5. The molecule has 1 amide bonds. The van der Waals surface area contributed by atoms with Crippen molar-refractivity contribution in [1.29, 1.82) is 0 Å². The summed E-state index contributed by atoms with van der Waals surface area (Å²) in [6.45, 7) is 11.6. The number of methoxy groups -OCH3 is 1. The Morgan fingerprint density at radius 2 is 1.85 bits per heavy atom. The number of carbonyl (C=O) groups is 1. The van der Waals surface area contributed by atoms with Crippen molar-refractivity contribution < 1.29 is 14.3 Å². The summed E-state index contributed by atoms with van der Waals surface area (Å²) < 4.78 is 10.6. The molecule has 0 bridgehead atoms. The van der Waals surface area contributed by atoms with E-state index in [1.165, 1.54) is 23.8 Å². The van der Waals surface area contributed by atoms with Crippen LogP contribution in [0.3, 0.4) is 0 Å². The van der Waals surface area contributed by atoms with Gasteiger partial charge in [-0.25, -0.2) is 6.57 Å². The van der Waals surface area contributed by atoms with Gasteiger partial charge in [-0.1, -0.05) is 24.3 Å². The molecule has 1 N–H and O–H groups in total. The Morgan fingerprint density at radius 1 is 1.07 bits per heavy atom. The Labute approximate surface area is 161 Å². The average molecular weight is 366 g/mol. The largest absolute Gasteiger partial charge is 0.493 e. The fourth-order valence-corrected chi connectivity index (χ4v) is 2.77. The summed E-state index contributed by atoms with van der Waals surface area (Å²) in [4.78, 5) is 15.3. The molecule has 0 spiro atoms. The van der Waals surface area contributed by atoms with Gasteiger partial charge in [-0.3, -0.25) is 9.64 Å². The van der Waals surface area contributed by atoms with Crippen molar-refractivity contribution in [3.63, 3.8) is 0 Å². The number of ether oxygens (including phenoxy) is 2. The van der Waals surface area contributed by atoms with Gasteiger partial charge in [0.15, 0.2) is 11.5 Å². The van der Waals surface area contributed by atoms with E-state index in [9.17, 15) is 4.79 Å². The van der Waals surface area contributed by atoms with Crippen LogP contribution >= 0.6 is 0 Å². The Balaban J connectivity index is 1.79. The van der Waals surface area contributed by atoms with Crippen LogP contribution in [0.4, 0.5) is 0 Å². The van der Waals surface area contributed by atoms with E-state index in [0.29, 0.717) is 18.0 Å². The number of rotatable bonds is 9. The minimum absolute atomic E-state index is 0.0213. The van der Waals surface area contributed by atoms with Gasteiger partial charge in [0, 0.05) is 6.54 Å². The summed E-state index contributed by atoms with van der Waals surface area (Å²) >= 11 is 0. The molecule has 0 radical (unpaired) electrons. The minimum Gasteiger partial charge on any atom is -0.493 e. The van der Waals surface area contributed by atoms with E-state index < -0.39 is 0 Å². The molecule has 2 rings (SSSR count). The summed E-state index contributed by atoms with van der Waals surface area (Å²) in [5.74, 6) is 1.01. The highest BCUT2D eigenvalue weighted by Gasteiger charge is 2.09. The van der Waals surface area contributed by atoms with Crippen LogP contribution in [0.1, 0.15) is 28.7 Å². The third-order valence-electron chi connectivity index (χ3n) is 4.41. The van der Waals surface area contributed by atoms with Gasteiger partial charge in [0.05, 0.1) is 13.5 Å². The number of hydrogen-bond acceptors (Lipinski definition) is 3. The second kappa shape index (κ2) is 10.2. The zero-order valence-corrected chi connectivity index (χ0v) is 16.2. The monoisotopic (exact) mass is 366 g/mol. The van der Waals surface area contributed by atoms with Crippen LogP contribution in [0.15, 0.2) is 36.4 Å². The van der Waals surface area contributed by atoms with Gasteiger partial charge in [-0.15, -0.1) is 0 Å². The van der Waals surface area contributed by atoms with Crippen molar-refractivity contribution in [3.8, 4) is 11.5 Å². The standard InChI is InChI=1S/C22H26N2O3/c1-16-7-8-18(12-17(16)2)6-5-11-24-22(25)14-19-9-10-20(27-15-23-3)21(13-19)26-4/h7-10,12-13H,5-6,11,14-15H2,1-2,4H3,(H,24,25). The molecule has 0 aromatic heterocycles. The lowest BCUT2D eigenvalue weighted by Crippen LogP contribution is -2.26. The van der Waals surface area contributed by atoms with Gasteiger partial charge in [-0.05, 0) is 61.1 Å². The molecular formula is C22H26N2O3. The van der Waals surface area contributed by atoms with E-state index in [4.69, 9.17) is 16.0 Å². The molecule has 0 aliphatic heterocycles. The first-order chi connectivity index (χ1) is 13.0. The molecule has 0 aliphatic rings. The lowest BCUT2D eigenvalue weighted by Gasteiger charge is -2.10. The van der Waals surface area contributed by atoms with Gasteiger partial charge < -0.3 is 14.8 Å². The van der Waals surface area contributed by atoms with Crippen LogP contribution in [0.5, 0.6) is 11.5 Å². The SMILES string of the molecule is [C-]#[N+]COc1ccc(CC(=O)NCCCc2ccc(C)c(C)c2)cc1OC. The van der Waals surface area contributed by atoms with E-state index in [2.05, 4.69) is 42.2 Å². The Hall–Kier alpha value is -3.00. The molecule has 2 aromatic rings. The smallest absolute Gasteiger partial charge is 0.357 e. The van der Waals surface area contributed by atoms with E-state index in [1.807, 2.05) is 6.07 Å². The first-order valence-corrected chi connectivity index (χ1v) is 8.99. The molecule has 0 heterocycles. The van der Waals surface area contributed by atoms with E-state index in [1.54, 1.807) is 12.1 Å². The summed E-state index contributed by atoms with van der Waals surface area (Å²) in [5, 5.41) is 2.96. The first kappa shape index (κ1) is 20.3. The molecule has 0 saturated carbocycles. The molecule has 0 saturated heterocycles. The van der Waals surface area contributed by atoms with Gasteiger partial charge >= 0.3 is 6.73 Å². The fraction of sp³-hybridized carbons (Fsp3) is 0.364. The Morgan fingerprint density at radius 3 is 2.56 bits per heavy atom. The van der Waals surface area contributed by atoms with Crippen molar-refractivity contribution in [2.24, 2.45) is 0 Å². The maximum atomic E-state index is 12.2. The molecule has 0 aliphatic carbocycles. The van der Waals surface area contributed by atoms with Crippen molar-refractivity contribution in [2.45, 2.75) is 33.1 Å². The molecule has 0 unspecified atom stereocenters. The number of amides is 1. The topological polar surface area (TPSA) is 51.9 Å². The number of nitrogens with zero attached hydrogens (tertiary/aromatic N) is 1. The number of carbonyl (C=O) groups excluding carboxylic acids is 1. The average Bonchev–Trinajstić information content (AvgIpc) is 2.66. The Bertz CT molecular complexity index is 825. The molecule has 5 heteroatoms. The lowest BCUT2D eigenvalue weighted by molar-refractivity contribution is -0.120. The van der Waals surface area contributed by atoms with Crippen LogP contribution in [0.25, 0.3) is 4.85 Å². The third kappa shape index (κ3) is 6.34. The number of hydrogen-bond donors (Lipinski definition) is 1. The van der Waals surface area contributed by atoms with Gasteiger partial charge in [-0.2, -0.15) is 0 Å². The normalized spacial score (nSPS) is 10.1. The maximum absolute atomic E-state index is 12.2. The molecule has 27 heavy (non-hydrogen) atoms. The zero-order valence-electron chi connectivity index (χ0n) is 16.2. The van der Waals surface area contributed by atoms with Crippen LogP contribution in [0, 0.1) is 20.4 Å². The van der Waals surface area contributed by atoms with Gasteiger partial charge in [0.2, 0.25) is 5.91 Å². The molecule has 5 nitrogen and oxygen atoms in total. The Kier molecular flexibility index (Phi) is 7.69. The number of aryl methyl sites for hydroxylation is 3. The van der Waals surface area contributed by atoms with Crippen molar-refractivity contribution in [2.75, 3.05) is 20.4 Å². The van der Waals surface area contributed by atoms with E-state index in [-0.39, 0.29) is 19.1 Å². The summed E-state index contributed by atoms with van der Waals surface area (Å²) in [6.07, 6.45) is 2.13. The minimum atomic E-state index is -0.0588. The highest BCUT2D eigenvalue weighted by molar-refractivity contribution is 5.78. The van der Waals surface area contributed by atoms with Crippen LogP contribution < -0.4 is 14.8 Å². The predicted molar refractivity (Wildman–Crippen MR) is 106 cm³/mol. The quantitative estimate of drug-likeness (QED) is 0.542. The molecule has 0 atom stereocenters. The van der Waals surface area contributed by atoms with Crippen LogP contribution in [-0.2, 0) is 17.6 Å². The maximum Gasteiger partial charge on any atom is 0.357 e. The predicted octanol–water partition coefficient (Wildman–Crippen LogP) is 3.86. The summed E-state index contributed by atoms with van der Waals surface area (Å²) in [6, 6.07) is 11.8. The third-order valence-corrected chi connectivity index (χ3v) is 4.41. The molecular weight excluding hydrogens is 340 g/mol. The van der Waals surface area contributed by atoms with E-state index >= 15 is 0 Å². The summed E-state index contributed by atoms with van der Waals surface area (Å²) in [5.41, 5.74) is 4.74. The fourth-order valence-electron chi connectivity index (χ4n) is 2.77. The van der Waals surface area contributed by atoms with Crippen molar-refractivity contribution >= 4 is 5.91 Å². The second-order valence-corrected chi connectivity index (χ2v) is 6.47. The first-order valence-electron chi connectivity index (χ1n) is 8.99. The number of benzene rings is 2. The van der Waals surface area contributed by atoms with Gasteiger partial charge in [0.1, 0.15) is 0 Å². The van der Waals surface area contributed by atoms with Gasteiger partial charge in [0.25, 0.3) is 0 Å². The molecule has 142 valence electrons. The second-order valence-electron chi connectivity index (χ2n) is 6.47. The highest BCUT2D eigenvalue weighted by Crippen LogP contribution is 2.28. The molecule has 2 aromatic carbocycles. The lowest BCUT2D eigenvalue weighted by atomic mass is 10.0. The zero-order chi connectivity index (χ0) is 19.6. The number of nitrogens with one attached hydrogen (secondary N) is 1. The van der Waals surface area contributed by atoms with Crippen LogP contribution in [-0.4, -0.2) is 26.3 Å². The summed E-state index contributed by atoms with van der Waals surface area (Å²) in [7, 11) is 1.54. The molecule has 0 fully saturated rings. The van der Waals surface area contributed by atoms with Crippen molar-refractivity contribution in [3.05, 3.63) is 70.1 Å².